The summed E-state index contributed by atoms with van der Waals surface area (Å²) in [6.45, 7) is 8.68. The molecule has 0 aromatic carbocycles. The molecule has 0 spiro atoms. The molecular formula is C15H31N3. The number of hydrogen-bond acceptors (Lipinski definition) is 3. The molecule has 18 heavy (non-hydrogen) atoms. The predicted octanol–water partition coefficient (Wildman–Crippen LogP) is 1.93. The number of nitrogens with one attached hydrogen (secondary N) is 1. The molecule has 2 heterocycles. The van der Waals surface area contributed by atoms with Gasteiger partial charge in [-0.2, -0.15) is 0 Å². The summed E-state index contributed by atoms with van der Waals surface area (Å²) in [5.41, 5.74) is 0. The van der Waals surface area contributed by atoms with Crippen LogP contribution in [0.2, 0.25) is 0 Å². The van der Waals surface area contributed by atoms with Crippen LogP contribution in [-0.4, -0.2) is 61.7 Å². The fourth-order valence-corrected chi connectivity index (χ4v) is 3.69. The molecule has 106 valence electrons. The van der Waals surface area contributed by atoms with E-state index in [2.05, 4.69) is 29.1 Å². The van der Waals surface area contributed by atoms with Crippen LogP contribution in [0.25, 0.3) is 0 Å². The monoisotopic (exact) mass is 253 g/mol. The van der Waals surface area contributed by atoms with Gasteiger partial charge in [0.1, 0.15) is 0 Å². The summed E-state index contributed by atoms with van der Waals surface area (Å²) in [4.78, 5) is 5.46. The Morgan fingerprint density at radius 2 is 1.83 bits per heavy atom. The molecule has 1 unspecified atom stereocenters. The third-order valence-corrected chi connectivity index (χ3v) is 4.87. The fraction of sp³-hybridized carbons (Fsp3) is 1.00. The predicted molar refractivity (Wildman–Crippen MR) is 78.0 cm³/mol. The zero-order chi connectivity index (χ0) is 12.8. The fourth-order valence-electron chi connectivity index (χ4n) is 3.69. The van der Waals surface area contributed by atoms with Crippen molar-refractivity contribution >= 4 is 0 Å². The average molecular weight is 253 g/mol. The van der Waals surface area contributed by atoms with E-state index >= 15 is 0 Å². The lowest BCUT2D eigenvalue weighted by Crippen LogP contribution is -2.51. The van der Waals surface area contributed by atoms with Gasteiger partial charge in [-0.15, -0.1) is 0 Å². The van der Waals surface area contributed by atoms with Crippen molar-refractivity contribution in [2.75, 3.05) is 39.8 Å². The molecule has 2 aliphatic heterocycles. The van der Waals surface area contributed by atoms with E-state index in [1.807, 2.05) is 0 Å². The SMILES string of the molecule is CCN1CCC(N2CCCCC2CCNC)CC1. The second-order valence-electron chi connectivity index (χ2n) is 5.95. The van der Waals surface area contributed by atoms with Crippen molar-refractivity contribution in [3.05, 3.63) is 0 Å². The summed E-state index contributed by atoms with van der Waals surface area (Å²) in [5, 5.41) is 3.32. The van der Waals surface area contributed by atoms with E-state index in [9.17, 15) is 0 Å². The minimum Gasteiger partial charge on any atom is -0.320 e. The van der Waals surface area contributed by atoms with Crippen molar-refractivity contribution in [3.63, 3.8) is 0 Å². The van der Waals surface area contributed by atoms with Gasteiger partial charge in [-0.25, -0.2) is 0 Å². The van der Waals surface area contributed by atoms with E-state index in [1.165, 1.54) is 71.2 Å². The van der Waals surface area contributed by atoms with Crippen LogP contribution in [0.3, 0.4) is 0 Å². The molecule has 2 fully saturated rings. The number of rotatable bonds is 5. The van der Waals surface area contributed by atoms with E-state index in [-0.39, 0.29) is 0 Å². The van der Waals surface area contributed by atoms with Gasteiger partial charge in [-0.05, 0) is 71.9 Å². The lowest BCUT2D eigenvalue weighted by atomic mass is 9.93. The maximum atomic E-state index is 3.32. The summed E-state index contributed by atoms with van der Waals surface area (Å²) in [7, 11) is 2.08. The number of nitrogens with zero attached hydrogens (tertiary/aromatic N) is 2. The van der Waals surface area contributed by atoms with Crippen molar-refractivity contribution in [1.82, 2.24) is 15.1 Å². The van der Waals surface area contributed by atoms with Crippen molar-refractivity contribution in [1.29, 1.82) is 0 Å². The molecule has 0 saturated carbocycles. The third kappa shape index (κ3) is 3.69. The number of piperidine rings is 2. The summed E-state index contributed by atoms with van der Waals surface area (Å²) >= 11 is 0. The minimum absolute atomic E-state index is 0.851. The Bertz CT molecular complexity index is 224. The molecule has 2 rings (SSSR count). The molecule has 1 atom stereocenters. The number of hydrogen-bond donors (Lipinski definition) is 1. The Morgan fingerprint density at radius 1 is 1.06 bits per heavy atom. The van der Waals surface area contributed by atoms with Gasteiger partial charge in [-0.1, -0.05) is 13.3 Å². The van der Waals surface area contributed by atoms with Crippen LogP contribution in [0.5, 0.6) is 0 Å². The van der Waals surface area contributed by atoms with Crippen LogP contribution < -0.4 is 5.32 Å². The van der Waals surface area contributed by atoms with E-state index in [4.69, 9.17) is 0 Å². The van der Waals surface area contributed by atoms with Gasteiger partial charge in [0, 0.05) is 12.1 Å². The van der Waals surface area contributed by atoms with Gasteiger partial charge in [0.2, 0.25) is 0 Å². The highest BCUT2D eigenvalue weighted by Crippen LogP contribution is 2.26. The van der Waals surface area contributed by atoms with Crippen LogP contribution in [0, 0.1) is 0 Å². The minimum atomic E-state index is 0.851. The van der Waals surface area contributed by atoms with Crippen LogP contribution in [0.1, 0.15) is 45.4 Å². The maximum Gasteiger partial charge on any atom is 0.0122 e. The van der Waals surface area contributed by atoms with Gasteiger partial charge in [0.15, 0.2) is 0 Å². The standard InChI is InChI=1S/C15H31N3/c1-3-17-12-8-15(9-13-17)18-11-5-4-6-14(18)7-10-16-2/h14-16H,3-13H2,1-2H3. The van der Waals surface area contributed by atoms with Crippen molar-refractivity contribution in [2.45, 2.75) is 57.5 Å². The lowest BCUT2D eigenvalue weighted by molar-refractivity contribution is 0.0483. The molecule has 3 heteroatoms. The molecule has 0 amide bonds. The Morgan fingerprint density at radius 3 is 2.50 bits per heavy atom. The smallest absolute Gasteiger partial charge is 0.0122 e. The van der Waals surface area contributed by atoms with E-state index in [0.717, 1.165) is 12.1 Å². The average Bonchev–Trinajstić information content (AvgIpc) is 2.45. The molecule has 0 aliphatic carbocycles. The molecule has 2 aliphatic rings. The van der Waals surface area contributed by atoms with Gasteiger partial charge in [0.05, 0.1) is 0 Å². The molecule has 0 radical (unpaired) electrons. The Balaban J connectivity index is 1.84. The normalized spacial score (nSPS) is 28.7. The van der Waals surface area contributed by atoms with E-state index in [1.54, 1.807) is 0 Å². The Hall–Kier alpha value is -0.120. The van der Waals surface area contributed by atoms with Crippen molar-refractivity contribution < 1.29 is 0 Å². The summed E-state index contributed by atoms with van der Waals surface area (Å²) in [6.07, 6.45) is 8.41. The highest BCUT2D eigenvalue weighted by molar-refractivity contribution is 4.86. The van der Waals surface area contributed by atoms with Gasteiger partial charge in [0.25, 0.3) is 0 Å². The summed E-state index contributed by atoms with van der Waals surface area (Å²) in [6, 6.07) is 1.72. The zero-order valence-electron chi connectivity index (χ0n) is 12.3. The highest BCUT2D eigenvalue weighted by atomic mass is 15.2. The quantitative estimate of drug-likeness (QED) is 0.808. The first-order chi connectivity index (χ1) is 8.85. The second kappa shape index (κ2) is 7.46. The first kappa shape index (κ1) is 14.3. The molecular weight excluding hydrogens is 222 g/mol. The molecule has 2 saturated heterocycles. The molecule has 0 bridgehead atoms. The van der Waals surface area contributed by atoms with Gasteiger partial charge >= 0.3 is 0 Å². The zero-order valence-corrected chi connectivity index (χ0v) is 12.3. The Kier molecular flexibility index (Phi) is 5.93. The van der Waals surface area contributed by atoms with Crippen LogP contribution in [0.4, 0.5) is 0 Å². The second-order valence-corrected chi connectivity index (χ2v) is 5.95. The van der Waals surface area contributed by atoms with Crippen LogP contribution in [-0.2, 0) is 0 Å². The number of likely N-dealkylation sites (tertiary alicyclic amines) is 2. The molecule has 0 aromatic heterocycles. The summed E-state index contributed by atoms with van der Waals surface area (Å²) in [5.74, 6) is 0. The Labute approximate surface area is 113 Å². The first-order valence-electron chi connectivity index (χ1n) is 7.97. The van der Waals surface area contributed by atoms with Crippen LogP contribution in [0.15, 0.2) is 0 Å². The van der Waals surface area contributed by atoms with E-state index < -0.39 is 0 Å². The van der Waals surface area contributed by atoms with E-state index in [0.29, 0.717) is 0 Å². The topological polar surface area (TPSA) is 18.5 Å². The first-order valence-corrected chi connectivity index (χ1v) is 7.97. The van der Waals surface area contributed by atoms with Crippen molar-refractivity contribution in [2.24, 2.45) is 0 Å². The van der Waals surface area contributed by atoms with Crippen molar-refractivity contribution in [3.8, 4) is 0 Å². The molecule has 1 N–H and O–H groups in total. The molecule has 3 nitrogen and oxygen atoms in total. The van der Waals surface area contributed by atoms with Gasteiger partial charge < -0.3 is 10.2 Å². The maximum absolute atomic E-state index is 3.32. The summed E-state index contributed by atoms with van der Waals surface area (Å²) < 4.78 is 0. The van der Waals surface area contributed by atoms with Crippen LogP contribution >= 0.6 is 0 Å². The molecule has 0 aromatic rings. The lowest BCUT2D eigenvalue weighted by Gasteiger charge is -2.44. The van der Waals surface area contributed by atoms with Gasteiger partial charge in [-0.3, -0.25) is 4.90 Å². The largest absolute Gasteiger partial charge is 0.320 e. The highest BCUT2D eigenvalue weighted by Gasteiger charge is 2.30. The third-order valence-electron chi connectivity index (χ3n) is 4.87.